The van der Waals surface area contributed by atoms with E-state index in [9.17, 15) is 0 Å². The van der Waals surface area contributed by atoms with Gasteiger partial charge in [-0.2, -0.15) is 0 Å². The van der Waals surface area contributed by atoms with Crippen LogP contribution in [0.3, 0.4) is 0 Å². The smallest absolute Gasteiger partial charge is 0.0535 e. The summed E-state index contributed by atoms with van der Waals surface area (Å²) in [5.74, 6) is 0. The summed E-state index contributed by atoms with van der Waals surface area (Å²) >= 11 is 0. The fourth-order valence-electron chi connectivity index (χ4n) is 2.07. The van der Waals surface area contributed by atoms with Crippen LogP contribution in [0.2, 0.25) is 0 Å². The van der Waals surface area contributed by atoms with Crippen LogP contribution in [0.5, 0.6) is 0 Å². The van der Waals surface area contributed by atoms with Gasteiger partial charge in [0.15, 0.2) is 0 Å². The normalized spacial score (nSPS) is 31.2. The Morgan fingerprint density at radius 1 is 1.46 bits per heavy atom. The van der Waals surface area contributed by atoms with E-state index in [1.54, 1.807) is 0 Å². The first-order valence-electron chi connectivity index (χ1n) is 5.32. The zero-order valence-corrected chi connectivity index (χ0v) is 9.47. The summed E-state index contributed by atoms with van der Waals surface area (Å²) in [6, 6.07) is 0. The van der Waals surface area contributed by atoms with Crippen molar-refractivity contribution in [3.8, 4) is 0 Å². The first-order valence-corrected chi connectivity index (χ1v) is 5.32. The molecule has 0 saturated carbocycles. The van der Waals surface area contributed by atoms with Gasteiger partial charge in [0.1, 0.15) is 0 Å². The summed E-state index contributed by atoms with van der Waals surface area (Å²) < 4.78 is 5.71. The number of hydrogen-bond donors (Lipinski definition) is 0. The van der Waals surface area contributed by atoms with E-state index in [-0.39, 0.29) is 0 Å². The fourth-order valence-corrected chi connectivity index (χ4v) is 2.07. The monoisotopic (exact) mass is 185 g/mol. The van der Waals surface area contributed by atoms with E-state index in [1.807, 2.05) is 0 Å². The molecule has 0 aromatic heterocycles. The molecule has 2 heteroatoms. The highest BCUT2D eigenvalue weighted by molar-refractivity contribution is 4.82. The molecule has 0 radical (unpaired) electrons. The van der Waals surface area contributed by atoms with Crippen LogP contribution in [0, 0.1) is 5.41 Å². The SMILES string of the molecule is CC(C)OCC1(C)CCCN(C)C1. The van der Waals surface area contributed by atoms with Crippen LogP contribution in [-0.2, 0) is 4.74 Å². The number of nitrogens with zero attached hydrogens (tertiary/aromatic N) is 1. The number of piperidine rings is 1. The molecule has 0 amide bonds. The summed E-state index contributed by atoms with van der Waals surface area (Å²) in [4.78, 5) is 2.41. The van der Waals surface area contributed by atoms with Crippen LogP contribution >= 0.6 is 0 Å². The van der Waals surface area contributed by atoms with Crippen molar-refractivity contribution in [2.24, 2.45) is 5.41 Å². The Morgan fingerprint density at radius 3 is 2.69 bits per heavy atom. The van der Waals surface area contributed by atoms with E-state index in [1.165, 1.54) is 25.9 Å². The zero-order chi connectivity index (χ0) is 9.90. The van der Waals surface area contributed by atoms with E-state index in [0.29, 0.717) is 11.5 Å². The molecule has 1 aliphatic rings. The van der Waals surface area contributed by atoms with E-state index in [4.69, 9.17) is 4.74 Å². The zero-order valence-electron chi connectivity index (χ0n) is 9.47. The van der Waals surface area contributed by atoms with Crippen LogP contribution in [0.1, 0.15) is 33.6 Å². The highest BCUT2D eigenvalue weighted by Gasteiger charge is 2.29. The Hall–Kier alpha value is -0.0800. The lowest BCUT2D eigenvalue weighted by atomic mass is 9.83. The third-order valence-corrected chi connectivity index (χ3v) is 2.74. The summed E-state index contributed by atoms with van der Waals surface area (Å²) in [5, 5.41) is 0. The second-order valence-electron chi connectivity index (χ2n) is 5.01. The largest absolute Gasteiger partial charge is 0.378 e. The molecule has 0 N–H and O–H groups in total. The average Bonchev–Trinajstić information content (AvgIpc) is 2.01. The molecule has 0 aromatic rings. The average molecular weight is 185 g/mol. The van der Waals surface area contributed by atoms with Gasteiger partial charge < -0.3 is 9.64 Å². The van der Waals surface area contributed by atoms with Gasteiger partial charge in [-0.1, -0.05) is 6.92 Å². The summed E-state index contributed by atoms with van der Waals surface area (Å²) in [6.07, 6.45) is 2.99. The molecule has 1 aliphatic heterocycles. The highest BCUT2D eigenvalue weighted by atomic mass is 16.5. The van der Waals surface area contributed by atoms with Gasteiger partial charge in [0.25, 0.3) is 0 Å². The molecule has 13 heavy (non-hydrogen) atoms. The Balaban J connectivity index is 2.35. The van der Waals surface area contributed by atoms with Crippen molar-refractivity contribution in [2.75, 3.05) is 26.7 Å². The maximum absolute atomic E-state index is 5.71. The second-order valence-corrected chi connectivity index (χ2v) is 5.01. The van der Waals surface area contributed by atoms with Crippen LogP contribution in [0.25, 0.3) is 0 Å². The standard InChI is InChI=1S/C11H23NO/c1-10(2)13-9-11(3)6-5-7-12(4)8-11/h10H,5-9H2,1-4H3. The molecule has 1 atom stereocenters. The lowest BCUT2D eigenvalue weighted by Crippen LogP contribution is -2.42. The van der Waals surface area contributed by atoms with Crippen molar-refractivity contribution < 1.29 is 4.74 Å². The molecule has 1 saturated heterocycles. The van der Waals surface area contributed by atoms with Gasteiger partial charge in [-0.15, -0.1) is 0 Å². The Labute approximate surface area is 82.3 Å². The molecular weight excluding hydrogens is 162 g/mol. The number of ether oxygens (including phenoxy) is 1. The number of likely N-dealkylation sites (tertiary alicyclic amines) is 1. The van der Waals surface area contributed by atoms with Crippen LogP contribution in [0.15, 0.2) is 0 Å². The van der Waals surface area contributed by atoms with Crippen molar-refractivity contribution >= 4 is 0 Å². The van der Waals surface area contributed by atoms with E-state index in [0.717, 1.165) is 6.61 Å². The first-order chi connectivity index (χ1) is 6.02. The molecule has 2 nitrogen and oxygen atoms in total. The van der Waals surface area contributed by atoms with Gasteiger partial charge in [0.05, 0.1) is 12.7 Å². The summed E-state index contributed by atoms with van der Waals surface area (Å²) in [5.41, 5.74) is 0.386. The van der Waals surface area contributed by atoms with Crippen molar-refractivity contribution in [3.05, 3.63) is 0 Å². The van der Waals surface area contributed by atoms with E-state index in [2.05, 4.69) is 32.7 Å². The van der Waals surface area contributed by atoms with Gasteiger partial charge in [-0.25, -0.2) is 0 Å². The molecule has 0 aromatic carbocycles. The molecule has 0 spiro atoms. The minimum absolute atomic E-state index is 0.365. The molecule has 1 unspecified atom stereocenters. The maximum atomic E-state index is 5.71. The Morgan fingerprint density at radius 2 is 2.15 bits per heavy atom. The number of hydrogen-bond acceptors (Lipinski definition) is 2. The van der Waals surface area contributed by atoms with Crippen molar-refractivity contribution in [3.63, 3.8) is 0 Å². The van der Waals surface area contributed by atoms with Gasteiger partial charge in [0, 0.05) is 12.0 Å². The second kappa shape index (κ2) is 4.43. The molecular formula is C11H23NO. The predicted octanol–water partition coefficient (Wildman–Crippen LogP) is 2.14. The Kier molecular flexibility index (Phi) is 3.74. The topological polar surface area (TPSA) is 12.5 Å². The van der Waals surface area contributed by atoms with Gasteiger partial charge >= 0.3 is 0 Å². The minimum atomic E-state index is 0.365. The first kappa shape index (κ1) is 11.0. The molecule has 78 valence electrons. The van der Waals surface area contributed by atoms with Crippen LogP contribution < -0.4 is 0 Å². The van der Waals surface area contributed by atoms with Crippen LogP contribution in [-0.4, -0.2) is 37.7 Å². The minimum Gasteiger partial charge on any atom is -0.378 e. The quantitative estimate of drug-likeness (QED) is 0.668. The Bertz CT molecular complexity index is 158. The third-order valence-electron chi connectivity index (χ3n) is 2.74. The third kappa shape index (κ3) is 3.65. The summed E-state index contributed by atoms with van der Waals surface area (Å²) in [6.45, 7) is 9.89. The molecule has 0 aliphatic carbocycles. The number of rotatable bonds is 3. The lowest BCUT2D eigenvalue weighted by Gasteiger charge is -2.38. The van der Waals surface area contributed by atoms with Gasteiger partial charge in [-0.3, -0.25) is 0 Å². The van der Waals surface area contributed by atoms with Gasteiger partial charge in [0.2, 0.25) is 0 Å². The van der Waals surface area contributed by atoms with Gasteiger partial charge in [-0.05, 0) is 40.3 Å². The highest BCUT2D eigenvalue weighted by Crippen LogP contribution is 2.29. The molecule has 1 heterocycles. The van der Waals surface area contributed by atoms with Crippen molar-refractivity contribution in [2.45, 2.75) is 39.7 Å². The predicted molar refractivity (Wildman–Crippen MR) is 55.9 cm³/mol. The van der Waals surface area contributed by atoms with E-state index >= 15 is 0 Å². The van der Waals surface area contributed by atoms with Crippen LogP contribution in [0.4, 0.5) is 0 Å². The van der Waals surface area contributed by atoms with Crippen molar-refractivity contribution in [1.82, 2.24) is 4.90 Å². The molecule has 0 bridgehead atoms. The maximum Gasteiger partial charge on any atom is 0.0535 e. The molecule has 1 fully saturated rings. The fraction of sp³-hybridized carbons (Fsp3) is 1.00. The summed E-state index contributed by atoms with van der Waals surface area (Å²) in [7, 11) is 2.20. The van der Waals surface area contributed by atoms with E-state index < -0.39 is 0 Å². The lowest BCUT2D eigenvalue weighted by molar-refractivity contribution is -0.0164. The van der Waals surface area contributed by atoms with Crippen molar-refractivity contribution in [1.29, 1.82) is 0 Å². The molecule has 1 rings (SSSR count).